The summed E-state index contributed by atoms with van der Waals surface area (Å²) in [7, 11) is 1.56. The molecule has 7 heteroatoms. The van der Waals surface area contributed by atoms with Crippen LogP contribution < -0.4 is 10.5 Å². The monoisotopic (exact) mass is 420 g/mol. The molecular formula is C24H25FN4O2. The van der Waals surface area contributed by atoms with Crippen LogP contribution in [0.1, 0.15) is 53.3 Å². The van der Waals surface area contributed by atoms with Gasteiger partial charge in [-0.2, -0.15) is 5.10 Å². The summed E-state index contributed by atoms with van der Waals surface area (Å²) in [5.41, 5.74) is 6.83. The summed E-state index contributed by atoms with van der Waals surface area (Å²) in [6.45, 7) is 0. The first kappa shape index (κ1) is 19.6. The molecule has 3 heterocycles. The number of hydrogen-bond acceptors (Lipinski definition) is 3. The van der Waals surface area contributed by atoms with Crippen LogP contribution in [0.4, 0.5) is 4.39 Å². The van der Waals surface area contributed by atoms with Crippen LogP contribution in [0.25, 0.3) is 5.52 Å². The van der Waals surface area contributed by atoms with Crippen LogP contribution in [0.15, 0.2) is 61.1 Å². The van der Waals surface area contributed by atoms with Crippen molar-refractivity contribution in [3.05, 3.63) is 77.9 Å². The van der Waals surface area contributed by atoms with E-state index in [1.165, 1.54) is 12.8 Å². The Balaban J connectivity index is 1.74. The Morgan fingerprint density at radius 3 is 2.81 bits per heavy atom. The molecule has 0 aliphatic heterocycles. The van der Waals surface area contributed by atoms with Crippen molar-refractivity contribution in [1.29, 1.82) is 0 Å². The van der Waals surface area contributed by atoms with Gasteiger partial charge in [0, 0.05) is 29.7 Å². The Kier molecular flexibility index (Phi) is 4.68. The van der Waals surface area contributed by atoms with E-state index in [4.69, 9.17) is 10.5 Å². The molecule has 2 atom stereocenters. The smallest absolute Gasteiger partial charge is 0.250 e. The summed E-state index contributed by atoms with van der Waals surface area (Å²) in [5.74, 6) is 0.0261. The molecule has 6 nitrogen and oxygen atoms in total. The van der Waals surface area contributed by atoms with Gasteiger partial charge in [0.15, 0.2) is 0 Å². The van der Waals surface area contributed by atoms with Gasteiger partial charge < -0.3 is 14.9 Å². The number of hydrogen-bond donors (Lipinski definition) is 1. The summed E-state index contributed by atoms with van der Waals surface area (Å²) in [4.78, 5) is 12.2. The number of ether oxygens (including phenoxy) is 1. The SMILES string of the molecule is COc1ccn2c(C3(c4cnn(C5CCCC5)c4)C=CC=CC3F)cc(C(N)=O)c2c1. The van der Waals surface area contributed by atoms with E-state index in [0.29, 0.717) is 28.6 Å². The second-order valence-corrected chi connectivity index (χ2v) is 8.29. The van der Waals surface area contributed by atoms with E-state index in [2.05, 4.69) is 5.10 Å². The highest BCUT2D eigenvalue weighted by molar-refractivity contribution is 6.00. The number of rotatable bonds is 5. The number of fused-ring (bicyclic) bond motifs is 1. The molecule has 2 unspecified atom stereocenters. The van der Waals surface area contributed by atoms with Gasteiger partial charge in [-0.25, -0.2) is 4.39 Å². The molecule has 2 N–H and O–H groups in total. The number of alkyl halides is 1. The summed E-state index contributed by atoms with van der Waals surface area (Å²) in [6.07, 6.45) is 15.7. The molecule has 0 spiro atoms. The van der Waals surface area contributed by atoms with Crippen LogP contribution in [0.3, 0.4) is 0 Å². The average molecular weight is 420 g/mol. The number of halogens is 1. The normalized spacial score (nSPS) is 23.6. The first-order chi connectivity index (χ1) is 15.0. The van der Waals surface area contributed by atoms with Crippen molar-refractivity contribution in [3.63, 3.8) is 0 Å². The minimum absolute atomic E-state index is 0.326. The Labute approximate surface area is 179 Å². The zero-order valence-electron chi connectivity index (χ0n) is 17.4. The van der Waals surface area contributed by atoms with Gasteiger partial charge in [-0.15, -0.1) is 0 Å². The standard InChI is InChI=1S/C24H25FN4O2/c1-31-18-9-11-28-20(12-18)19(23(26)30)13-22(28)24(10-5-4-8-21(24)25)16-14-27-29(15-16)17-6-2-3-7-17/h4-5,8-15,17,21H,2-3,6-7H2,1H3,(H2,26,30). The number of nitrogens with zero attached hydrogens (tertiary/aromatic N) is 3. The summed E-state index contributed by atoms with van der Waals surface area (Å²) < 4.78 is 24.9. The molecule has 3 aromatic rings. The average Bonchev–Trinajstić information content (AvgIpc) is 3.52. The maximum Gasteiger partial charge on any atom is 0.250 e. The molecule has 2 aliphatic rings. The van der Waals surface area contributed by atoms with E-state index >= 15 is 4.39 Å². The third kappa shape index (κ3) is 2.99. The number of nitrogens with two attached hydrogens (primary N) is 1. The van der Waals surface area contributed by atoms with E-state index in [1.54, 1.807) is 49.9 Å². The molecule has 0 saturated heterocycles. The number of aromatic nitrogens is 3. The fourth-order valence-corrected chi connectivity index (χ4v) is 4.98. The molecule has 0 bridgehead atoms. The van der Waals surface area contributed by atoms with Crippen LogP contribution in [-0.2, 0) is 5.41 Å². The van der Waals surface area contributed by atoms with Crippen molar-refractivity contribution in [2.24, 2.45) is 5.73 Å². The van der Waals surface area contributed by atoms with Gasteiger partial charge in [-0.05, 0) is 31.1 Å². The third-order valence-electron chi connectivity index (χ3n) is 6.63. The van der Waals surface area contributed by atoms with Crippen molar-refractivity contribution in [3.8, 4) is 5.75 Å². The highest BCUT2D eigenvalue weighted by Crippen LogP contribution is 2.43. The van der Waals surface area contributed by atoms with Crippen molar-refractivity contribution in [2.45, 2.75) is 43.3 Å². The largest absolute Gasteiger partial charge is 0.497 e. The van der Waals surface area contributed by atoms with Crippen LogP contribution in [0, 0.1) is 0 Å². The number of methoxy groups -OCH3 is 1. The van der Waals surface area contributed by atoms with E-state index in [9.17, 15) is 4.79 Å². The molecular weight excluding hydrogens is 395 g/mol. The topological polar surface area (TPSA) is 74.6 Å². The lowest BCUT2D eigenvalue weighted by molar-refractivity contribution is 0.100. The minimum Gasteiger partial charge on any atom is -0.497 e. The van der Waals surface area contributed by atoms with Gasteiger partial charge in [0.05, 0.1) is 35.8 Å². The first-order valence-corrected chi connectivity index (χ1v) is 10.6. The van der Waals surface area contributed by atoms with Gasteiger partial charge in [0.25, 0.3) is 5.91 Å². The van der Waals surface area contributed by atoms with Gasteiger partial charge in [-0.1, -0.05) is 31.1 Å². The lowest BCUT2D eigenvalue weighted by atomic mass is 9.72. The molecule has 1 saturated carbocycles. The van der Waals surface area contributed by atoms with Crippen molar-refractivity contribution < 1.29 is 13.9 Å². The number of amides is 1. The number of carbonyl (C=O) groups is 1. The van der Waals surface area contributed by atoms with Crippen molar-refractivity contribution in [2.75, 3.05) is 7.11 Å². The molecule has 0 aromatic carbocycles. The second-order valence-electron chi connectivity index (χ2n) is 8.29. The Hall–Kier alpha value is -3.35. The second kappa shape index (κ2) is 7.41. The van der Waals surface area contributed by atoms with Gasteiger partial charge >= 0.3 is 0 Å². The predicted octanol–water partition coefficient (Wildman–Crippen LogP) is 4.11. The summed E-state index contributed by atoms with van der Waals surface area (Å²) >= 11 is 0. The highest BCUT2D eigenvalue weighted by atomic mass is 19.1. The summed E-state index contributed by atoms with van der Waals surface area (Å²) in [5, 5.41) is 4.60. The lowest BCUT2D eigenvalue weighted by Crippen LogP contribution is -2.37. The van der Waals surface area contributed by atoms with E-state index in [-0.39, 0.29) is 0 Å². The highest BCUT2D eigenvalue weighted by Gasteiger charge is 2.44. The van der Waals surface area contributed by atoms with E-state index < -0.39 is 17.5 Å². The number of pyridine rings is 1. The fourth-order valence-electron chi connectivity index (χ4n) is 4.98. The van der Waals surface area contributed by atoms with Crippen molar-refractivity contribution >= 4 is 11.4 Å². The van der Waals surface area contributed by atoms with E-state index in [0.717, 1.165) is 18.4 Å². The molecule has 1 fully saturated rings. The van der Waals surface area contributed by atoms with Crippen LogP contribution in [0.5, 0.6) is 5.75 Å². The molecule has 3 aromatic heterocycles. The number of primary amides is 1. The number of allylic oxidation sites excluding steroid dienone is 4. The molecule has 1 amide bonds. The van der Waals surface area contributed by atoms with Gasteiger partial charge in [0.1, 0.15) is 11.9 Å². The van der Waals surface area contributed by atoms with Gasteiger partial charge in [0.2, 0.25) is 0 Å². The van der Waals surface area contributed by atoms with Gasteiger partial charge in [-0.3, -0.25) is 9.48 Å². The Morgan fingerprint density at radius 2 is 2.10 bits per heavy atom. The molecule has 5 rings (SSSR count). The van der Waals surface area contributed by atoms with Crippen LogP contribution in [0.2, 0.25) is 0 Å². The fraction of sp³-hybridized carbons (Fsp3) is 0.333. The molecule has 31 heavy (non-hydrogen) atoms. The van der Waals surface area contributed by atoms with Crippen molar-refractivity contribution in [1.82, 2.24) is 14.2 Å². The lowest BCUT2D eigenvalue weighted by Gasteiger charge is -2.33. The van der Waals surface area contributed by atoms with Crippen LogP contribution >= 0.6 is 0 Å². The van der Waals surface area contributed by atoms with E-state index in [1.807, 2.05) is 27.4 Å². The maximum absolute atomic E-state index is 15.8. The minimum atomic E-state index is -1.33. The Bertz CT molecular complexity index is 1200. The summed E-state index contributed by atoms with van der Waals surface area (Å²) in [6, 6.07) is 5.57. The quantitative estimate of drug-likeness (QED) is 0.675. The third-order valence-corrected chi connectivity index (χ3v) is 6.63. The number of carbonyl (C=O) groups excluding carboxylic acids is 1. The molecule has 160 valence electrons. The maximum atomic E-state index is 15.8. The van der Waals surface area contributed by atoms with Crippen LogP contribution in [-0.4, -0.2) is 33.4 Å². The zero-order chi connectivity index (χ0) is 21.6. The Morgan fingerprint density at radius 1 is 1.29 bits per heavy atom. The zero-order valence-corrected chi connectivity index (χ0v) is 17.4. The molecule has 2 aliphatic carbocycles. The molecule has 0 radical (unpaired) electrons. The first-order valence-electron chi connectivity index (χ1n) is 10.6. The predicted molar refractivity (Wildman–Crippen MR) is 116 cm³/mol.